The Hall–Kier alpha value is -3.27. The molecule has 0 fully saturated rings. The number of para-hydroxylation sites is 3. The second-order valence-electron chi connectivity index (χ2n) is 5.40. The summed E-state index contributed by atoms with van der Waals surface area (Å²) in [5, 5.41) is 2.91. The second-order valence-corrected chi connectivity index (χ2v) is 5.40. The van der Waals surface area contributed by atoms with Crippen LogP contribution in [0, 0.1) is 0 Å². The number of carbonyl (C=O) groups excluding carboxylic acids is 1. The topological polar surface area (TPSA) is 47.6 Å². The summed E-state index contributed by atoms with van der Waals surface area (Å²) < 4.78 is 10.8. The minimum atomic E-state index is -0.228. The van der Waals surface area contributed by atoms with Gasteiger partial charge in [0.25, 0.3) is 5.91 Å². The third kappa shape index (κ3) is 4.18. The molecule has 0 aromatic heterocycles. The molecule has 4 nitrogen and oxygen atoms in total. The highest BCUT2D eigenvalue weighted by Crippen LogP contribution is 2.28. The zero-order chi connectivity index (χ0) is 17.5. The lowest BCUT2D eigenvalue weighted by Crippen LogP contribution is -2.20. The Bertz CT molecular complexity index is 847. The number of carbonyl (C=O) groups is 1. The maximum atomic E-state index is 12.3. The fourth-order valence-electron chi connectivity index (χ4n) is 2.53. The molecule has 25 heavy (non-hydrogen) atoms. The quantitative estimate of drug-likeness (QED) is 0.728. The van der Waals surface area contributed by atoms with E-state index >= 15 is 0 Å². The standard InChI is InChI=1S/C21H19NO3/c1-24-19-13-7-8-14-20(19)25-15-21(23)22-18-12-6-5-11-17(18)16-9-3-2-4-10-16/h2-14H,15H2,1H3,(H,22,23). The van der Waals surface area contributed by atoms with Crippen molar-refractivity contribution < 1.29 is 14.3 Å². The number of hydrogen-bond acceptors (Lipinski definition) is 3. The van der Waals surface area contributed by atoms with Crippen LogP contribution in [0.4, 0.5) is 5.69 Å². The molecule has 0 bridgehead atoms. The van der Waals surface area contributed by atoms with Gasteiger partial charge in [-0.2, -0.15) is 0 Å². The summed E-state index contributed by atoms with van der Waals surface area (Å²) >= 11 is 0. The monoisotopic (exact) mass is 333 g/mol. The number of anilines is 1. The van der Waals surface area contributed by atoms with E-state index < -0.39 is 0 Å². The molecule has 3 aromatic carbocycles. The van der Waals surface area contributed by atoms with E-state index in [1.807, 2.05) is 66.7 Å². The predicted molar refractivity (Wildman–Crippen MR) is 99.0 cm³/mol. The molecule has 0 radical (unpaired) electrons. The molecule has 0 heterocycles. The number of rotatable bonds is 6. The zero-order valence-corrected chi connectivity index (χ0v) is 13.9. The molecule has 0 atom stereocenters. The number of hydrogen-bond donors (Lipinski definition) is 1. The van der Waals surface area contributed by atoms with Crippen LogP contribution in [0.3, 0.4) is 0 Å². The highest BCUT2D eigenvalue weighted by atomic mass is 16.5. The molecular weight excluding hydrogens is 314 g/mol. The third-order valence-corrected chi connectivity index (χ3v) is 3.71. The lowest BCUT2D eigenvalue weighted by molar-refractivity contribution is -0.118. The highest BCUT2D eigenvalue weighted by Gasteiger charge is 2.10. The van der Waals surface area contributed by atoms with Gasteiger partial charge in [0.15, 0.2) is 18.1 Å². The van der Waals surface area contributed by atoms with Gasteiger partial charge in [0.05, 0.1) is 7.11 Å². The molecular formula is C21H19NO3. The first-order valence-corrected chi connectivity index (χ1v) is 7.98. The maximum absolute atomic E-state index is 12.3. The Morgan fingerprint density at radius 1 is 0.840 bits per heavy atom. The van der Waals surface area contributed by atoms with Gasteiger partial charge >= 0.3 is 0 Å². The average molecular weight is 333 g/mol. The molecule has 126 valence electrons. The van der Waals surface area contributed by atoms with E-state index in [0.717, 1.165) is 16.8 Å². The Balaban J connectivity index is 1.70. The van der Waals surface area contributed by atoms with Crippen molar-refractivity contribution in [2.75, 3.05) is 19.0 Å². The van der Waals surface area contributed by atoms with Gasteiger partial charge in [-0.25, -0.2) is 0 Å². The highest BCUT2D eigenvalue weighted by molar-refractivity contribution is 5.96. The summed E-state index contributed by atoms with van der Waals surface area (Å²) in [4.78, 5) is 12.3. The third-order valence-electron chi connectivity index (χ3n) is 3.71. The van der Waals surface area contributed by atoms with Gasteiger partial charge in [-0.1, -0.05) is 60.7 Å². The van der Waals surface area contributed by atoms with Gasteiger partial charge in [-0.3, -0.25) is 4.79 Å². The van der Waals surface area contributed by atoms with Gasteiger partial charge < -0.3 is 14.8 Å². The molecule has 0 unspecified atom stereocenters. The van der Waals surface area contributed by atoms with Gasteiger partial charge in [-0.15, -0.1) is 0 Å². The normalized spacial score (nSPS) is 10.1. The first-order valence-electron chi connectivity index (χ1n) is 7.98. The van der Waals surface area contributed by atoms with Crippen molar-refractivity contribution in [2.45, 2.75) is 0 Å². The smallest absolute Gasteiger partial charge is 0.262 e. The number of benzene rings is 3. The van der Waals surface area contributed by atoms with Gasteiger partial charge in [0.2, 0.25) is 0 Å². The minimum Gasteiger partial charge on any atom is -0.493 e. The van der Waals surface area contributed by atoms with Crippen LogP contribution >= 0.6 is 0 Å². The Morgan fingerprint density at radius 3 is 2.24 bits per heavy atom. The fraction of sp³-hybridized carbons (Fsp3) is 0.0952. The molecule has 0 spiro atoms. The first-order chi connectivity index (χ1) is 12.3. The van der Waals surface area contributed by atoms with Crippen molar-refractivity contribution >= 4 is 11.6 Å². The zero-order valence-electron chi connectivity index (χ0n) is 13.9. The molecule has 0 saturated carbocycles. The van der Waals surface area contributed by atoms with Crippen molar-refractivity contribution in [1.29, 1.82) is 0 Å². The van der Waals surface area contributed by atoms with E-state index in [1.165, 1.54) is 0 Å². The van der Waals surface area contributed by atoms with E-state index in [0.29, 0.717) is 11.5 Å². The summed E-state index contributed by atoms with van der Waals surface area (Å²) in [7, 11) is 1.57. The molecule has 3 rings (SSSR count). The van der Waals surface area contributed by atoms with E-state index in [9.17, 15) is 4.79 Å². The first kappa shape index (κ1) is 16.6. The van der Waals surface area contributed by atoms with Crippen LogP contribution in [-0.4, -0.2) is 19.6 Å². The summed E-state index contributed by atoms with van der Waals surface area (Å²) in [5.41, 5.74) is 2.76. The van der Waals surface area contributed by atoms with E-state index in [4.69, 9.17) is 9.47 Å². The SMILES string of the molecule is COc1ccccc1OCC(=O)Nc1ccccc1-c1ccccc1. The van der Waals surface area contributed by atoms with Crippen molar-refractivity contribution in [3.05, 3.63) is 78.9 Å². The molecule has 1 amide bonds. The van der Waals surface area contributed by atoms with Crippen molar-refractivity contribution in [1.82, 2.24) is 0 Å². The molecule has 4 heteroatoms. The Kier molecular flexibility index (Phi) is 5.32. The molecule has 0 aliphatic rings. The number of methoxy groups -OCH3 is 1. The average Bonchev–Trinajstić information content (AvgIpc) is 2.67. The fourth-order valence-corrected chi connectivity index (χ4v) is 2.53. The number of nitrogens with one attached hydrogen (secondary N) is 1. The van der Waals surface area contributed by atoms with Gasteiger partial charge in [-0.05, 0) is 23.8 Å². The Labute approximate surface area is 147 Å². The number of amides is 1. The van der Waals surface area contributed by atoms with E-state index in [2.05, 4.69) is 5.32 Å². The summed E-state index contributed by atoms with van der Waals surface area (Å²) in [6.45, 7) is -0.0938. The lowest BCUT2D eigenvalue weighted by Gasteiger charge is -2.13. The summed E-state index contributed by atoms with van der Waals surface area (Å²) in [6, 6.07) is 24.9. The van der Waals surface area contributed by atoms with Crippen LogP contribution in [0.5, 0.6) is 11.5 Å². The predicted octanol–water partition coefficient (Wildman–Crippen LogP) is 4.38. The van der Waals surface area contributed by atoms with Crippen molar-refractivity contribution in [3.63, 3.8) is 0 Å². The molecule has 1 N–H and O–H groups in total. The maximum Gasteiger partial charge on any atom is 0.262 e. The van der Waals surface area contributed by atoms with E-state index in [1.54, 1.807) is 19.2 Å². The van der Waals surface area contributed by atoms with Crippen LogP contribution in [0.25, 0.3) is 11.1 Å². The van der Waals surface area contributed by atoms with Crippen LogP contribution in [0.15, 0.2) is 78.9 Å². The van der Waals surface area contributed by atoms with Crippen molar-refractivity contribution in [2.24, 2.45) is 0 Å². The molecule has 0 saturated heterocycles. The Morgan fingerprint density at radius 2 is 1.48 bits per heavy atom. The summed E-state index contributed by atoms with van der Waals surface area (Å²) in [5.74, 6) is 0.908. The van der Waals surface area contributed by atoms with E-state index in [-0.39, 0.29) is 12.5 Å². The van der Waals surface area contributed by atoms with Crippen LogP contribution in [-0.2, 0) is 4.79 Å². The van der Waals surface area contributed by atoms with Crippen LogP contribution in [0.2, 0.25) is 0 Å². The van der Waals surface area contributed by atoms with Crippen LogP contribution in [0.1, 0.15) is 0 Å². The number of ether oxygens (including phenoxy) is 2. The largest absolute Gasteiger partial charge is 0.493 e. The minimum absolute atomic E-state index is 0.0938. The van der Waals surface area contributed by atoms with Crippen molar-refractivity contribution in [3.8, 4) is 22.6 Å². The van der Waals surface area contributed by atoms with Gasteiger partial charge in [0.1, 0.15) is 0 Å². The lowest BCUT2D eigenvalue weighted by atomic mass is 10.0. The molecule has 0 aliphatic heterocycles. The molecule has 3 aromatic rings. The summed E-state index contributed by atoms with van der Waals surface area (Å²) in [6.07, 6.45) is 0. The van der Waals surface area contributed by atoms with Crippen LogP contribution < -0.4 is 14.8 Å². The molecule has 0 aliphatic carbocycles. The second kappa shape index (κ2) is 8.02. The van der Waals surface area contributed by atoms with Gasteiger partial charge in [0, 0.05) is 11.3 Å².